The molecule has 2 aromatic rings. The van der Waals surface area contributed by atoms with Gasteiger partial charge in [-0.15, -0.1) is 0 Å². The third-order valence-corrected chi connectivity index (χ3v) is 6.31. The van der Waals surface area contributed by atoms with Crippen LogP contribution in [0.2, 0.25) is 0 Å². The Balaban J connectivity index is 1.95. The monoisotopic (exact) mass is 416 g/mol. The van der Waals surface area contributed by atoms with Gasteiger partial charge in [-0.05, 0) is 55.7 Å². The predicted octanol–water partition coefficient (Wildman–Crippen LogP) is 3.07. The summed E-state index contributed by atoms with van der Waals surface area (Å²) in [6.45, 7) is 7.76. The van der Waals surface area contributed by atoms with E-state index in [0.29, 0.717) is 11.5 Å². The number of nitrogen functional groups attached to an aromatic ring is 1. The maximum atomic E-state index is 12.9. The molecule has 1 amide bonds. The third-order valence-electron chi connectivity index (χ3n) is 4.96. The second-order valence-corrected chi connectivity index (χ2v) is 10.1. The first-order chi connectivity index (χ1) is 13.6. The molecule has 1 aliphatic rings. The van der Waals surface area contributed by atoms with Crippen LogP contribution in [0.25, 0.3) is 0 Å². The second-order valence-electron chi connectivity index (χ2n) is 8.37. The molecule has 3 rings (SSSR count). The van der Waals surface area contributed by atoms with Crippen molar-refractivity contribution in [1.82, 2.24) is 9.71 Å². The van der Waals surface area contributed by atoms with Crippen LogP contribution >= 0.6 is 0 Å². The molecular formula is C21H28N4O3S. The zero-order chi connectivity index (χ0) is 21.2. The number of piperidine rings is 1. The van der Waals surface area contributed by atoms with Gasteiger partial charge in [-0.25, -0.2) is 18.1 Å². The summed E-state index contributed by atoms with van der Waals surface area (Å²) in [5.74, 6) is -0.141. The van der Waals surface area contributed by atoms with E-state index in [1.165, 1.54) is 24.3 Å². The first-order valence-corrected chi connectivity index (χ1v) is 11.3. The first-order valence-electron chi connectivity index (χ1n) is 9.77. The average molecular weight is 417 g/mol. The van der Waals surface area contributed by atoms with E-state index in [2.05, 4.69) is 30.4 Å². The minimum absolute atomic E-state index is 0.0150. The van der Waals surface area contributed by atoms with Gasteiger partial charge in [0.2, 0.25) is 0 Å². The van der Waals surface area contributed by atoms with Crippen molar-refractivity contribution in [2.24, 2.45) is 0 Å². The minimum Gasteiger partial charge on any atom is -0.399 e. The van der Waals surface area contributed by atoms with Crippen molar-refractivity contribution in [3.63, 3.8) is 0 Å². The van der Waals surface area contributed by atoms with Crippen LogP contribution in [0.5, 0.6) is 0 Å². The summed E-state index contributed by atoms with van der Waals surface area (Å²) < 4.78 is 27.4. The summed E-state index contributed by atoms with van der Waals surface area (Å²) in [7, 11) is -4.01. The van der Waals surface area contributed by atoms with E-state index in [9.17, 15) is 13.2 Å². The topological polar surface area (TPSA) is 105 Å². The smallest absolute Gasteiger partial charge is 0.268 e. The van der Waals surface area contributed by atoms with Crippen LogP contribution in [0.1, 0.15) is 56.1 Å². The Morgan fingerprint density at radius 1 is 1.03 bits per heavy atom. The number of anilines is 2. The van der Waals surface area contributed by atoms with Crippen molar-refractivity contribution in [3.05, 3.63) is 47.7 Å². The fraction of sp³-hybridized carbons (Fsp3) is 0.429. The number of hydrogen-bond donors (Lipinski definition) is 2. The van der Waals surface area contributed by atoms with Crippen LogP contribution in [0, 0.1) is 0 Å². The molecule has 3 N–H and O–H groups in total. The molecule has 29 heavy (non-hydrogen) atoms. The lowest BCUT2D eigenvalue weighted by molar-refractivity contribution is 0.0981. The number of nitrogens with one attached hydrogen (secondary N) is 1. The molecule has 8 heteroatoms. The first kappa shape index (κ1) is 21.1. The summed E-state index contributed by atoms with van der Waals surface area (Å²) in [4.78, 5) is 19.8. The van der Waals surface area contributed by atoms with Gasteiger partial charge in [0.1, 0.15) is 5.82 Å². The number of aromatic nitrogens is 1. The molecule has 1 aromatic carbocycles. The molecule has 2 heterocycles. The van der Waals surface area contributed by atoms with E-state index in [-0.39, 0.29) is 15.9 Å². The van der Waals surface area contributed by atoms with E-state index in [1.54, 1.807) is 12.1 Å². The zero-order valence-electron chi connectivity index (χ0n) is 17.1. The lowest BCUT2D eigenvalue weighted by Crippen LogP contribution is -2.36. The van der Waals surface area contributed by atoms with Crippen LogP contribution in [0.15, 0.2) is 41.3 Å². The molecule has 0 spiro atoms. The fourth-order valence-corrected chi connectivity index (χ4v) is 4.24. The fourth-order valence-electron chi connectivity index (χ4n) is 3.27. The number of carbonyl (C=O) groups excluding carboxylic acids is 1. The number of nitrogens with two attached hydrogens (primary N) is 1. The summed E-state index contributed by atoms with van der Waals surface area (Å²) in [6.07, 6.45) is 3.18. The number of nitrogens with zero attached hydrogens (tertiary/aromatic N) is 2. The molecule has 0 unspecified atom stereocenters. The van der Waals surface area contributed by atoms with Crippen molar-refractivity contribution in [2.45, 2.75) is 50.3 Å². The molecule has 1 aliphatic heterocycles. The van der Waals surface area contributed by atoms with Gasteiger partial charge in [-0.3, -0.25) is 4.79 Å². The van der Waals surface area contributed by atoms with Gasteiger partial charge in [-0.1, -0.05) is 20.8 Å². The van der Waals surface area contributed by atoms with Crippen molar-refractivity contribution in [2.75, 3.05) is 23.7 Å². The Hall–Kier alpha value is -2.61. The van der Waals surface area contributed by atoms with E-state index < -0.39 is 15.9 Å². The molecule has 0 saturated carbocycles. The van der Waals surface area contributed by atoms with Crippen molar-refractivity contribution in [3.8, 4) is 0 Å². The van der Waals surface area contributed by atoms with E-state index in [4.69, 9.17) is 10.7 Å². The Morgan fingerprint density at radius 2 is 1.66 bits per heavy atom. The summed E-state index contributed by atoms with van der Waals surface area (Å²) in [6, 6.07) is 9.17. The lowest BCUT2D eigenvalue weighted by Gasteiger charge is -2.30. The van der Waals surface area contributed by atoms with Crippen molar-refractivity contribution >= 4 is 27.4 Å². The summed E-state index contributed by atoms with van der Waals surface area (Å²) >= 11 is 0. The van der Waals surface area contributed by atoms with Gasteiger partial charge >= 0.3 is 0 Å². The highest BCUT2D eigenvalue weighted by Gasteiger charge is 2.26. The normalized spacial score (nSPS) is 15.2. The molecule has 1 fully saturated rings. The maximum absolute atomic E-state index is 12.9. The summed E-state index contributed by atoms with van der Waals surface area (Å²) in [5.41, 5.74) is 7.00. The molecule has 7 nitrogen and oxygen atoms in total. The van der Waals surface area contributed by atoms with Gasteiger partial charge in [0, 0.05) is 29.9 Å². The van der Waals surface area contributed by atoms with Gasteiger partial charge in [0.25, 0.3) is 15.9 Å². The van der Waals surface area contributed by atoms with Crippen LogP contribution in [0.3, 0.4) is 0 Å². The molecular weight excluding hydrogens is 388 g/mol. The molecule has 0 aliphatic carbocycles. The van der Waals surface area contributed by atoms with Gasteiger partial charge < -0.3 is 10.6 Å². The standard InChI is InChI=1S/C21H28N4O3S/c1-21(2,3)18-12-11-17(19(23-18)25-13-5-4-6-14-25)20(26)24-29(27,28)16-9-7-15(22)8-10-16/h7-12H,4-6,13-14,22H2,1-3H3,(H,24,26). The van der Waals surface area contributed by atoms with E-state index in [0.717, 1.165) is 38.0 Å². The van der Waals surface area contributed by atoms with Gasteiger partial charge in [0.05, 0.1) is 10.5 Å². The SMILES string of the molecule is CC(C)(C)c1ccc(C(=O)NS(=O)(=O)c2ccc(N)cc2)c(N2CCCCC2)n1. The zero-order valence-corrected chi connectivity index (χ0v) is 17.9. The quantitative estimate of drug-likeness (QED) is 0.742. The van der Waals surface area contributed by atoms with Crippen LogP contribution in [-0.2, 0) is 15.4 Å². The lowest BCUT2D eigenvalue weighted by atomic mass is 9.91. The number of sulfonamides is 1. The number of carbonyl (C=O) groups is 1. The Labute approximate surface area is 172 Å². The molecule has 1 saturated heterocycles. The number of rotatable bonds is 4. The molecule has 0 radical (unpaired) electrons. The highest BCUT2D eigenvalue weighted by Crippen LogP contribution is 2.28. The number of hydrogen-bond acceptors (Lipinski definition) is 6. The van der Waals surface area contributed by atoms with Crippen molar-refractivity contribution < 1.29 is 13.2 Å². The second kappa shape index (κ2) is 8.02. The van der Waals surface area contributed by atoms with Gasteiger partial charge in [0.15, 0.2) is 0 Å². The van der Waals surface area contributed by atoms with Crippen LogP contribution < -0.4 is 15.4 Å². The third kappa shape index (κ3) is 4.87. The molecule has 1 aromatic heterocycles. The molecule has 0 atom stereocenters. The number of pyridine rings is 1. The van der Waals surface area contributed by atoms with Crippen LogP contribution in [-0.4, -0.2) is 32.4 Å². The maximum Gasteiger partial charge on any atom is 0.268 e. The van der Waals surface area contributed by atoms with E-state index >= 15 is 0 Å². The minimum atomic E-state index is -4.01. The van der Waals surface area contributed by atoms with Gasteiger partial charge in [-0.2, -0.15) is 0 Å². The predicted molar refractivity (Wildman–Crippen MR) is 115 cm³/mol. The highest BCUT2D eigenvalue weighted by atomic mass is 32.2. The van der Waals surface area contributed by atoms with E-state index in [1.807, 2.05) is 0 Å². The van der Waals surface area contributed by atoms with Crippen molar-refractivity contribution in [1.29, 1.82) is 0 Å². The Morgan fingerprint density at radius 3 is 2.24 bits per heavy atom. The number of benzene rings is 1. The Bertz CT molecular complexity index is 990. The highest BCUT2D eigenvalue weighted by molar-refractivity contribution is 7.90. The van der Waals surface area contributed by atoms with Crippen LogP contribution in [0.4, 0.5) is 11.5 Å². The number of amides is 1. The molecule has 156 valence electrons. The average Bonchev–Trinajstić information content (AvgIpc) is 2.67. The Kier molecular flexibility index (Phi) is 5.84. The molecule has 0 bridgehead atoms. The largest absolute Gasteiger partial charge is 0.399 e. The summed E-state index contributed by atoms with van der Waals surface area (Å²) in [5, 5.41) is 0.